The molecule has 3 heterocycles. The third kappa shape index (κ3) is 5.01. The fourth-order valence-corrected chi connectivity index (χ4v) is 3.78. The van der Waals surface area contributed by atoms with Gasteiger partial charge in [-0.25, -0.2) is 4.98 Å². The van der Waals surface area contributed by atoms with Crippen LogP contribution in [0.3, 0.4) is 0 Å². The van der Waals surface area contributed by atoms with Gasteiger partial charge in [0.2, 0.25) is 5.88 Å². The minimum Gasteiger partial charge on any atom is -0.491 e. The summed E-state index contributed by atoms with van der Waals surface area (Å²) in [7, 11) is 3.73. The highest BCUT2D eigenvalue weighted by molar-refractivity contribution is 5.70. The molecule has 1 aliphatic heterocycles. The van der Waals surface area contributed by atoms with Crippen LogP contribution < -0.4 is 9.47 Å². The molecule has 1 unspecified atom stereocenters. The summed E-state index contributed by atoms with van der Waals surface area (Å²) in [5.74, 6) is 1.50. The van der Waals surface area contributed by atoms with E-state index in [1.807, 2.05) is 24.3 Å². The maximum absolute atomic E-state index is 6.19. The predicted octanol–water partition coefficient (Wildman–Crippen LogP) is 4.54. The first-order chi connectivity index (χ1) is 14.7. The molecule has 1 aromatic carbocycles. The van der Waals surface area contributed by atoms with Crippen LogP contribution in [-0.2, 0) is 17.8 Å². The molecule has 1 fully saturated rings. The molecule has 1 aliphatic rings. The van der Waals surface area contributed by atoms with Crippen LogP contribution in [0, 0.1) is 0 Å². The molecule has 6 nitrogen and oxygen atoms in total. The fourth-order valence-electron chi connectivity index (χ4n) is 3.78. The number of nitrogens with zero attached hydrogens (tertiary/aromatic N) is 2. The van der Waals surface area contributed by atoms with Crippen LogP contribution in [0.2, 0.25) is 0 Å². The molecule has 158 valence electrons. The molecule has 0 bridgehead atoms. The number of methoxy groups -OCH3 is 1. The molecule has 0 aliphatic carbocycles. The van der Waals surface area contributed by atoms with Gasteiger partial charge in [-0.2, -0.15) is 0 Å². The molecular weight excluding hydrogens is 380 g/mol. The van der Waals surface area contributed by atoms with Gasteiger partial charge in [0.1, 0.15) is 12.4 Å². The average Bonchev–Trinajstić information content (AvgIpc) is 3.47. The third-order valence-corrected chi connectivity index (χ3v) is 5.26. The Balaban J connectivity index is 1.58. The van der Waals surface area contributed by atoms with Crippen LogP contribution in [0.15, 0.2) is 59.5 Å². The molecule has 1 atom stereocenters. The van der Waals surface area contributed by atoms with E-state index in [9.17, 15) is 0 Å². The van der Waals surface area contributed by atoms with E-state index in [1.165, 1.54) is 0 Å². The molecule has 1 saturated heterocycles. The van der Waals surface area contributed by atoms with Crippen LogP contribution in [0.4, 0.5) is 0 Å². The van der Waals surface area contributed by atoms with Gasteiger partial charge in [0.15, 0.2) is 0 Å². The van der Waals surface area contributed by atoms with Crippen molar-refractivity contribution in [3.63, 3.8) is 0 Å². The molecule has 0 amide bonds. The Morgan fingerprint density at radius 1 is 1.20 bits per heavy atom. The van der Waals surface area contributed by atoms with Crippen LogP contribution >= 0.6 is 0 Å². The predicted molar refractivity (Wildman–Crippen MR) is 115 cm³/mol. The van der Waals surface area contributed by atoms with E-state index in [0.29, 0.717) is 12.5 Å². The van der Waals surface area contributed by atoms with Crippen molar-refractivity contribution in [3.8, 4) is 22.8 Å². The van der Waals surface area contributed by atoms with Gasteiger partial charge in [0.05, 0.1) is 25.7 Å². The standard InChI is InChI=1S/C24H28N2O4/c1-26(14-18-9-12-28-16-18)15-20-13-19(22-6-3-10-25-24(22)27-2)7-8-23(20)30-17-21-5-4-11-29-21/h3,6-10,12-13,16,21H,4-5,11,14-15,17H2,1-2H3. The highest BCUT2D eigenvalue weighted by atomic mass is 16.5. The van der Waals surface area contributed by atoms with E-state index in [1.54, 1.807) is 25.8 Å². The van der Waals surface area contributed by atoms with Gasteiger partial charge in [0, 0.05) is 42.6 Å². The topological polar surface area (TPSA) is 57.0 Å². The van der Waals surface area contributed by atoms with Crippen LogP contribution in [0.5, 0.6) is 11.6 Å². The van der Waals surface area contributed by atoms with Crippen molar-refractivity contribution in [2.24, 2.45) is 0 Å². The Bertz CT molecular complexity index is 936. The second-order valence-electron chi connectivity index (χ2n) is 7.63. The van der Waals surface area contributed by atoms with Crippen molar-refractivity contribution in [2.75, 3.05) is 27.4 Å². The summed E-state index contributed by atoms with van der Waals surface area (Å²) < 4.78 is 22.6. The van der Waals surface area contributed by atoms with Gasteiger partial charge < -0.3 is 18.6 Å². The zero-order chi connectivity index (χ0) is 20.8. The molecule has 0 saturated carbocycles. The number of rotatable bonds is 9. The summed E-state index contributed by atoms with van der Waals surface area (Å²) >= 11 is 0. The monoisotopic (exact) mass is 408 g/mol. The van der Waals surface area contributed by atoms with Crippen LogP contribution in [0.1, 0.15) is 24.0 Å². The van der Waals surface area contributed by atoms with Gasteiger partial charge in [-0.05, 0) is 55.8 Å². The SMILES string of the molecule is COc1ncccc1-c1ccc(OCC2CCCO2)c(CN(C)Cc2ccoc2)c1. The normalized spacial score (nSPS) is 16.2. The molecule has 0 radical (unpaired) electrons. The van der Waals surface area contributed by atoms with Crippen molar-refractivity contribution in [1.29, 1.82) is 0 Å². The summed E-state index contributed by atoms with van der Waals surface area (Å²) in [5.41, 5.74) is 4.27. The summed E-state index contributed by atoms with van der Waals surface area (Å²) in [6.07, 6.45) is 7.56. The second kappa shape index (κ2) is 9.78. The maximum atomic E-state index is 6.19. The summed E-state index contributed by atoms with van der Waals surface area (Å²) in [6, 6.07) is 12.2. The largest absolute Gasteiger partial charge is 0.491 e. The zero-order valence-corrected chi connectivity index (χ0v) is 17.5. The summed E-state index contributed by atoms with van der Waals surface area (Å²) in [6.45, 7) is 2.94. The van der Waals surface area contributed by atoms with Gasteiger partial charge >= 0.3 is 0 Å². The lowest BCUT2D eigenvalue weighted by Crippen LogP contribution is -2.20. The Kier molecular flexibility index (Phi) is 6.67. The van der Waals surface area contributed by atoms with Gasteiger partial charge in [-0.15, -0.1) is 0 Å². The Morgan fingerprint density at radius 3 is 2.90 bits per heavy atom. The van der Waals surface area contributed by atoms with Gasteiger partial charge in [0.25, 0.3) is 0 Å². The molecule has 6 heteroatoms. The molecular formula is C24H28N2O4. The van der Waals surface area contributed by atoms with Crippen molar-refractivity contribution < 1.29 is 18.6 Å². The lowest BCUT2D eigenvalue weighted by molar-refractivity contribution is 0.0673. The summed E-state index contributed by atoms with van der Waals surface area (Å²) in [5, 5.41) is 0. The number of hydrogen-bond acceptors (Lipinski definition) is 6. The molecule has 30 heavy (non-hydrogen) atoms. The molecule has 0 spiro atoms. The van der Waals surface area contributed by atoms with E-state index < -0.39 is 0 Å². The Labute approximate surface area is 177 Å². The number of hydrogen-bond donors (Lipinski definition) is 0. The van der Waals surface area contributed by atoms with Gasteiger partial charge in [-0.3, -0.25) is 4.90 Å². The maximum Gasteiger partial charge on any atom is 0.221 e. The smallest absolute Gasteiger partial charge is 0.221 e. The van der Waals surface area contributed by atoms with Crippen molar-refractivity contribution in [2.45, 2.75) is 32.0 Å². The lowest BCUT2D eigenvalue weighted by Gasteiger charge is -2.20. The summed E-state index contributed by atoms with van der Waals surface area (Å²) in [4.78, 5) is 6.57. The van der Waals surface area contributed by atoms with E-state index in [-0.39, 0.29) is 6.10 Å². The number of aromatic nitrogens is 1. The zero-order valence-electron chi connectivity index (χ0n) is 17.5. The Hall–Kier alpha value is -2.83. The molecule has 0 N–H and O–H groups in total. The quantitative estimate of drug-likeness (QED) is 0.518. The molecule has 3 aromatic rings. The van der Waals surface area contributed by atoms with Gasteiger partial charge in [-0.1, -0.05) is 6.07 Å². The first-order valence-corrected chi connectivity index (χ1v) is 10.3. The fraction of sp³-hybridized carbons (Fsp3) is 0.375. The number of ether oxygens (including phenoxy) is 3. The van der Waals surface area contributed by atoms with Crippen LogP contribution in [0.25, 0.3) is 11.1 Å². The lowest BCUT2D eigenvalue weighted by atomic mass is 10.0. The minimum atomic E-state index is 0.180. The minimum absolute atomic E-state index is 0.180. The highest BCUT2D eigenvalue weighted by Gasteiger charge is 2.18. The molecule has 4 rings (SSSR count). The molecule has 2 aromatic heterocycles. The number of benzene rings is 1. The first kappa shape index (κ1) is 20.4. The average molecular weight is 408 g/mol. The third-order valence-electron chi connectivity index (χ3n) is 5.26. The van der Waals surface area contributed by atoms with E-state index in [2.05, 4.69) is 29.1 Å². The second-order valence-corrected chi connectivity index (χ2v) is 7.63. The van der Waals surface area contributed by atoms with E-state index >= 15 is 0 Å². The van der Waals surface area contributed by atoms with Crippen LogP contribution in [-0.4, -0.2) is 43.4 Å². The first-order valence-electron chi connectivity index (χ1n) is 10.3. The van der Waals surface area contributed by atoms with Crippen molar-refractivity contribution in [3.05, 3.63) is 66.2 Å². The number of pyridine rings is 1. The highest BCUT2D eigenvalue weighted by Crippen LogP contribution is 2.32. The van der Waals surface area contributed by atoms with Crippen molar-refractivity contribution in [1.82, 2.24) is 9.88 Å². The van der Waals surface area contributed by atoms with E-state index in [0.717, 1.165) is 60.5 Å². The Morgan fingerprint density at radius 2 is 2.13 bits per heavy atom. The van der Waals surface area contributed by atoms with Crippen molar-refractivity contribution >= 4 is 0 Å². The van der Waals surface area contributed by atoms with E-state index in [4.69, 9.17) is 18.6 Å². The number of furan rings is 1.